The molecule has 2 aromatic heterocycles. The summed E-state index contributed by atoms with van der Waals surface area (Å²) in [7, 11) is 1.59. The number of hydrogen-bond donors (Lipinski definition) is 3. The average Bonchev–Trinajstić information content (AvgIpc) is 3.53. The van der Waals surface area contributed by atoms with Gasteiger partial charge < -0.3 is 20.3 Å². The van der Waals surface area contributed by atoms with Crippen molar-refractivity contribution in [1.29, 1.82) is 0 Å². The molecular formula is C25H19N5O4S. The summed E-state index contributed by atoms with van der Waals surface area (Å²) >= 11 is 1.34. The Balaban J connectivity index is 1.51. The molecule has 5 aromatic rings. The smallest absolute Gasteiger partial charge is 0.256 e. The molecule has 0 aliphatic rings. The van der Waals surface area contributed by atoms with E-state index in [1.165, 1.54) is 35.6 Å². The zero-order valence-electron chi connectivity index (χ0n) is 18.4. The van der Waals surface area contributed by atoms with E-state index in [1.807, 2.05) is 12.1 Å². The number of methoxy groups -OCH3 is 1. The van der Waals surface area contributed by atoms with Gasteiger partial charge in [-0.15, -0.1) is 10.2 Å². The van der Waals surface area contributed by atoms with Crippen LogP contribution in [0.15, 0.2) is 78.9 Å². The number of carbonyl (C=O) groups excluding carboxylic acids is 1. The molecule has 5 rings (SSSR count). The van der Waals surface area contributed by atoms with Gasteiger partial charge in [-0.25, -0.2) is 4.68 Å². The third kappa shape index (κ3) is 4.68. The lowest BCUT2D eigenvalue weighted by molar-refractivity contribution is 0.102. The van der Waals surface area contributed by atoms with Crippen LogP contribution in [0.3, 0.4) is 0 Å². The van der Waals surface area contributed by atoms with E-state index in [9.17, 15) is 15.0 Å². The van der Waals surface area contributed by atoms with Crippen LogP contribution < -0.4 is 10.1 Å². The van der Waals surface area contributed by atoms with Crippen molar-refractivity contribution in [2.75, 3.05) is 12.4 Å². The molecule has 35 heavy (non-hydrogen) atoms. The molecule has 10 heteroatoms. The Labute approximate surface area is 203 Å². The highest BCUT2D eigenvalue weighted by atomic mass is 32.1. The normalized spacial score (nSPS) is 10.8. The van der Waals surface area contributed by atoms with Crippen LogP contribution >= 0.6 is 11.3 Å². The number of ether oxygens (including phenoxy) is 1. The number of hydrogen-bond acceptors (Lipinski definition) is 8. The largest absolute Gasteiger partial charge is 0.508 e. The zero-order chi connectivity index (χ0) is 24.4. The number of phenols is 2. The average molecular weight is 486 g/mol. The number of aromatic hydroxyl groups is 2. The minimum atomic E-state index is -0.353. The highest BCUT2D eigenvalue weighted by molar-refractivity contribution is 7.17. The molecule has 9 nitrogen and oxygen atoms in total. The van der Waals surface area contributed by atoms with Crippen molar-refractivity contribution in [3.05, 3.63) is 84.4 Å². The van der Waals surface area contributed by atoms with Crippen molar-refractivity contribution in [3.8, 4) is 44.2 Å². The Kier molecular flexibility index (Phi) is 5.86. The van der Waals surface area contributed by atoms with Crippen molar-refractivity contribution >= 4 is 23.1 Å². The highest BCUT2D eigenvalue weighted by Gasteiger charge is 2.18. The molecule has 1 amide bonds. The molecule has 0 fully saturated rings. The molecule has 3 aromatic carbocycles. The number of aromatic nitrogens is 4. The quantitative estimate of drug-likeness (QED) is 0.318. The van der Waals surface area contributed by atoms with Gasteiger partial charge in [0.2, 0.25) is 0 Å². The summed E-state index contributed by atoms with van der Waals surface area (Å²) in [5.41, 5.74) is 2.45. The fraction of sp³-hybridized carbons (Fsp3) is 0.0400. The second-order valence-corrected chi connectivity index (χ2v) is 8.46. The van der Waals surface area contributed by atoms with E-state index in [-0.39, 0.29) is 17.4 Å². The Morgan fingerprint density at radius 3 is 2.17 bits per heavy atom. The summed E-state index contributed by atoms with van der Waals surface area (Å²) in [6, 6.07) is 21.7. The van der Waals surface area contributed by atoms with Crippen LogP contribution in [-0.2, 0) is 0 Å². The van der Waals surface area contributed by atoms with Crippen molar-refractivity contribution in [1.82, 2.24) is 20.0 Å². The van der Waals surface area contributed by atoms with Crippen LogP contribution in [0.25, 0.3) is 27.0 Å². The SMILES string of the molecule is COc1ccc(-n2nc(-c3nnc(-c4ccc(O)cc4)s3)cc2NC(=O)c2ccc(O)cc2)cc1. The molecule has 0 aliphatic heterocycles. The van der Waals surface area contributed by atoms with Crippen molar-refractivity contribution in [2.45, 2.75) is 0 Å². The molecule has 174 valence electrons. The van der Waals surface area contributed by atoms with Gasteiger partial charge in [0.1, 0.15) is 33.8 Å². The predicted octanol–water partition coefficient (Wildman–Crippen LogP) is 4.73. The lowest BCUT2D eigenvalue weighted by Gasteiger charge is -2.09. The van der Waals surface area contributed by atoms with Gasteiger partial charge in [-0.1, -0.05) is 11.3 Å². The van der Waals surface area contributed by atoms with Gasteiger partial charge in [-0.2, -0.15) is 5.10 Å². The Bertz CT molecular complexity index is 1480. The van der Waals surface area contributed by atoms with Crippen LogP contribution in [0.1, 0.15) is 10.4 Å². The van der Waals surface area contributed by atoms with Crippen LogP contribution in [0, 0.1) is 0 Å². The van der Waals surface area contributed by atoms with E-state index >= 15 is 0 Å². The molecule has 2 heterocycles. The summed E-state index contributed by atoms with van der Waals surface area (Å²) in [6.07, 6.45) is 0. The number of amides is 1. The lowest BCUT2D eigenvalue weighted by atomic mass is 10.2. The van der Waals surface area contributed by atoms with Crippen molar-refractivity contribution < 1.29 is 19.7 Å². The molecule has 0 saturated carbocycles. The van der Waals surface area contributed by atoms with Crippen LogP contribution in [-0.4, -0.2) is 43.2 Å². The van der Waals surface area contributed by atoms with Gasteiger partial charge in [0, 0.05) is 17.2 Å². The van der Waals surface area contributed by atoms with E-state index in [1.54, 1.807) is 54.3 Å². The number of benzene rings is 3. The molecule has 0 aliphatic carbocycles. The van der Waals surface area contributed by atoms with Gasteiger partial charge >= 0.3 is 0 Å². The Morgan fingerprint density at radius 2 is 1.51 bits per heavy atom. The fourth-order valence-corrected chi connectivity index (χ4v) is 4.15. The maximum absolute atomic E-state index is 12.9. The predicted molar refractivity (Wildman–Crippen MR) is 132 cm³/mol. The highest BCUT2D eigenvalue weighted by Crippen LogP contribution is 2.32. The first kappa shape index (κ1) is 22.1. The molecular weight excluding hydrogens is 466 g/mol. The van der Waals surface area contributed by atoms with E-state index < -0.39 is 0 Å². The molecule has 0 unspecified atom stereocenters. The summed E-state index contributed by atoms with van der Waals surface area (Å²) in [5, 5.41) is 36.4. The second-order valence-electron chi connectivity index (χ2n) is 7.48. The minimum Gasteiger partial charge on any atom is -0.508 e. The molecule has 0 radical (unpaired) electrons. The van der Waals surface area contributed by atoms with Crippen molar-refractivity contribution in [2.24, 2.45) is 0 Å². The van der Waals surface area contributed by atoms with Crippen LogP contribution in [0.2, 0.25) is 0 Å². The van der Waals surface area contributed by atoms with Gasteiger partial charge in [0.15, 0.2) is 5.01 Å². The molecule has 3 N–H and O–H groups in total. The number of carbonyl (C=O) groups is 1. The second kappa shape index (κ2) is 9.27. The number of nitrogens with one attached hydrogen (secondary N) is 1. The van der Waals surface area contributed by atoms with Crippen LogP contribution in [0.5, 0.6) is 17.2 Å². The summed E-state index contributed by atoms with van der Waals surface area (Å²) < 4.78 is 6.85. The molecule has 0 spiro atoms. The van der Waals surface area contributed by atoms with Crippen LogP contribution in [0.4, 0.5) is 5.82 Å². The molecule has 0 saturated heterocycles. The van der Waals surface area contributed by atoms with E-state index in [0.717, 1.165) is 5.56 Å². The molecule has 0 atom stereocenters. The van der Waals surface area contributed by atoms with E-state index in [2.05, 4.69) is 20.6 Å². The maximum Gasteiger partial charge on any atom is 0.256 e. The van der Waals surface area contributed by atoms with E-state index in [0.29, 0.717) is 38.5 Å². The molecule has 0 bridgehead atoms. The summed E-state index contributed by atoms with van der Waals surface area (Å²) in [6.45, 7) is 0. The number of phenolic OH excluding ortho intramolecular Hbond substituents is 2. The lowest BCUT2D eigenvalue weighted by Crippen LogP contribution is -2.15. The first-order valence-corrected chi connectivity index (χ1v) is 11.3. The Hall–Kier alpha value is -4.70. The van der Waals surface area contributed by atoms with Gasteiger partial charge in [0.05, 0.1) is 12.8 Å². The van der Waals surface area contributed by atoms with Gasteiger partial charge in [-0.3, -0.25) is 4.79 Å². The third-order valence-corrected chi connectivity index (χ3v) is 6.15. The van der Waals surface area contributed by atoms with Gasteiger partial charge in [0.25, 0.3) is 5.91 Å². The third-order valence-electron chi connectivity index (χ3n) is 5.16. The standard InChI is InChI=1S/C25H19N5O4S/c1-34-20-12-6-17(7-13-20)30-22(26-23(33)15-2-8-18(31)9-3-15)14-21(29-30)25-28-27-24(35-25)16-4-10-19(32)11-5-16/h2-14,31-32H,1H3,(H,26,33). The zero-order valence-corrected chi connectivity index (χ0v) is 19.2. The number of rotatable bonds is 6. The first-order valence-electron chi connectivity index (χ1n) is 10.5. The topological polar surface area (TPSA) is 122 Å². The number of nitrogens with zero attached hydrogens (tertiary/aromatic N) is 4. The number of anilines is 1. The Morgan fingerprint density at radius 1 is 0.886 bits per heavy atom. The summed E-state index contributed by atoms with van der Waals surface area (Å²) in [5.74, 6) is 1.02. The van der Waals surface area contributed by atoms with Gasteiger partial charge in [-0.05, 0) is 72.8 Å². The van der Waals surface area contributed by atoms with E-state index in [4.69, 9.17) is 4.74 Å². The first-order chi connectivity index (χ1) is 17.0. The minimum absolute atomic E-state index is 0.0767. The fourth-order valence-electron chi connectivity index (χ4n) is 3.34. The summed E-state index contributed by atoms with van der Waals surface area (Å²) in [4.78, 5) is 12.9. The monoisotopic (exact) mass is 485 g/mol. The van der Waals surface area contributed by atoms with Crippen molar-refractivity contribution in [3.63, 3.8) is 0 Å². The maximum atomic E-state index is 12.9.